The minimum atomic E-state index is -0.0921. The van der Waals surface area contributed by atoms with E-state index in [9.17, 15) is 0 Å². The number of benzene rings is 10. The van der Waals surface area contributed by atoms with Gasteiger partial charge in [-0.2, -0.15) is 0 Å². The van der Waals surface area contributed by atoms with Crippen LogP contribution >= 0.6 is 0 Å². The molecule has 0 aliphatic heterocycles. The Bertz CT molecular complexity index is 4680. The van der Waals surface area contributed by atoms with Gasteiger partial charge in [-0.1, -0.05) is 158 Å². The van der Waals surface area contributed by atoms with Crippen LogP contribution in [-0.2, 0) is 0 Å². The second-order valence-electron chi connectivity index (χ2n) is 21.6. The maximum atomic E-state index is 7.08. The summed E-state index contributed by atoms with van der Waals surface area (Å²) in [6.45, 7) is 0. The van der Waals surface area contributed by atoms with Crippen LogP contribution in [-0.4, -0.2) is 213 Å². The molecule has 0 spiro atoms. The quantitative estimate of drug-likeness (QED) is 0.141. The average Bonchev–Trinajstić information content (AvgIpc) is 1.29. The Morgan fingerprint density at radius 1 is 0.170 bits per heavy atom. The molecule has 2 heterocycles. The summed E-state index contributed by atoms with van der Waals surface area (Å²) in [5.41, 5.74) is 4.77. The lowest BCUT2D eigenvalue weighted by Crippen LogP contribution is -2.57. The number of rotatable bonds is 7. The lowest BCUT2D eigenvalue weighted by Gasteiger charge is -2.31. The molecule has 0 aliphatic carbocycles. The zero-order valence-corrected chi connectivity index (χ0v) is 47.0. The van der Waals surface area contributed by atoms with Crippen molar-refractivity contribution < 1.29 is 0 Å². The van der Waals surface area contributed by atoms with E-state index in [4.69, 9.17) is 204 Å². The molecule has 2 aromatic heterocycles. The molecular weight excluding hydrogens is 1030 g/mol. The van der Waals surface area contributed by atoms with Crippen LogP contribution in [0.2, 0.25) is 0 Å². The largest absolute Gasteiger partial charge is 0.310 e. The molecular formula is C60H14B26N2. The van der Waals surface area contributed by atoms with E-state index in [2.05, 4.69) is 12.1 Å². The van der Waals surface area contributed by atoms with Crippen LogP contribution in [0, 0.1) is 0 Å². The molecule has 52 radical (unpaired) electrons. The van der Waals surface area contributed by atoms with Gasteiger partial charge in [0.2, 0.25) is 0 Å². The fraction of sp³-hybridized carbons (Fsp3) is 0. The molecule has 0 aliphatic rings. The van der Waals surface area contributed by atoms with E-state index in [0.29, 0.717) is 22.4 Å². The predicted octanol–water partition coefficient (Wildman–Crippen LogP) is -15.1. The molecule has 2 nitrogen and oxygen atoms in total. The molecule has 0 atom stereocenters. The molecule has 0 saturated carbocycles. The molecule has 0 bridgehead atoms. The first-order chi connectivity index (χ1) is 41.6. The molecule has 0 saturated heterocycles. The Balaban J connectivity index is 0.975. The monoisotopic (exact) mass is 1050 g/mol. The molecule has 0 N–H and O–H groups in total. The van der Waals surface area contributed by atoms with Gasteiger partial charge in [-0.3, -0.25) is 0 Å². The van der Waals surface area contributed by atoms with Gasteiger partial charge in [0.25, 0.3) is 0 Å². The Morgan fingerprint density at radius 2 is 0.352 bits per heavy atom. The first-order valence-corrected chi connectivity index (χ1v) is 26.7. The molecule has 12 aromatic rings. The van der Waals surface area contributed by atoms with Gasteiger partial charge in [0.1, 0.15) is 204 Å². The Morgan fingerprint density at radius 3 is 0.591 bits per heavy atom. The van der Waals surface area contributed by atoms with Crippen molar-refractivity contribution in [2.75, 3.05) is 0 Å². The maximum Gasteiger partial charge on any atom is 0.115 e. The summed E-state index contributed by atoms with van der Waals surface area (Å²) in [7, 11) is 173. The number of nitrogens with zero attached hydrogens (tertiary/aromatic N) is 2. The summed E-state index contributed by atoms with van der Waals surface area (Å²) in [5, 5.41) is 3.37. The topological polar surface area (TPSA) is 9.86 Å². The van der Waals surface area contributed by atoms with Crippen LogP contribution in [0.15, 0.2) is 84.9 Å². The van der Waals surface area contributed by atoms with Gasteiger partial charge in [-0.15, -0.1) is 32.8 Å². The number of para-hydroxylation sites is 2. The third-order valence-electron chi connectivity index (χ3n) is 17.1. The summed E-state index contributed by atoms with van der Waals surface area (Å²) in [6.07, 6.45) is 0. The van der Waals surface area contributed by atoms with Gasteiger partial charge in [0, 0.05) is 32.9 Å². The second-order valence-corrected chi connectivity index (χ2v) is 21.6. The van der Waals surface area contributed by atoms with Gasteiger partial charge < -0.3 is 9.13 Å². The molecule has 10 aromatic carbocycles. The van der Waals surface area contributed by atoms with Gasteiger partial charge in [0.15, 0.2) is 0 Å². The first-order valence-electron chi connectivity index (χ1n) is 26.7. The molecule has 342 valence electrons. The van der Waals surface area contributed by atoms with Crippen LogP contribution in [0.3, 0.4) is 0 Å². The SMILES string of the molecule is [B]c1c([B])c([B])c(-c2c([B])c([B])c(-c3c([B])c([B])c(-n4c5ccccc5c5cc(-c6ccc7c(c6)c6ccccc6n7-c6c([B])c([B])c(-c7c([B])c([B])c(-c8c([B])c([B])c([B])c([B])c8[B])c([B])c7[B])c([B])c6[B])ccc54)c([B])c3[B])c([B])c2[B])c([B])c1[B]. The van der Waals surface area contributed by atoms with E-state index >= 15 is 0 Å². The van der Waals surface area contributed by atoms with E-state index < -0.39 is 0 Å². The predicted molar refractivity (Wildman–Crippen MR) is 402 cm³/mol. The van der Waals surface area contributed by atoms with Crippen molar-refractivity contribution >= 4 is 390 Å². The fourth-order valence-electron chi connectivity index (χ4n) is 12.4. The van der Waals surface area contributed by atoms with E-state index in [1.165, 1.54) is 0 Å². The summed E-state index contributed by atoms with van der Waals surface area (Å²) in [6, 6.07) is 27.5. The molecule has 0 unspecified atom stereocenters. The Hall–Kier alpha value is -6.51. The molecule has 28 heteroatoms. The van der Waals surface area contributed by atoms with Gasteiger partial charge in [-0.25, -0.2) is 0 Å². The highest BCUT2D eigenvalue weighted by atomic mass is 15.0. The zero-order chi connectivity index (χ0) is 63.6. The van der Waals surface area contributed by atoms with Gasteiger partial charge in [0.05, 0.1) is 22.1 Å². The maximum absolute atomic E-state index is 7.08. The second kappa shape index (κ2) is 22.2. The van der Waals surface area contributed by atoms with Crippen molar-refractivity contribution in [3.8, 4) is 67.0 Å². The van der Waals surface area contributed by atoms with Crippen molar-refractivity contribution in [2.45, 2.75) is 0 Å². The van der Waals surface area contributed by atoms with E-state index in [1.807, 2.05) is 81.9 Å². The Kier molecular flexibility index (Phi) is 15.5. The third kappa shape index (κ3) is 8.68. The van der Waals surface area contributed by atoms with Crippen LogP contribution in [0.5, 0.6) is 0 Å². The standard InChI is InChI=1S/C60H14B26N2/c61-33-25(29-41(69)49(77)53(81)50(78)42(29)70)34(62)38(66)27(37(33)65)31-45(73)55(83)59(56(84)46(31)74)87-21-7-3-1-5-17(21)19-13-15(9-11-23(19)87)16-10-12-24-20(14-16)18-6-2-4-8-22(18)88(24)60-57(85)47(75)32(48(76)58(60)86)28-39(67)35(63)26(36(64)40(28)68)30-43(71)51(79)54(82)52(80)44(30)72/h1-14H. The summed E-state index contributed by atoms with van der Waals surface area (Å²) < 4.78 is 3.79. The van der Waals surface area contributed by atoms with E-state index in [1.54, 1.807) is 0 Å². The fourth-order valence-corrected chi connectivity index (χ4v) is 12.4. The highest BCUT2D eigenvalue weighted by molar-refractivity contribution is 6.74. The highest BCUT2D eigenvalue weighted by Crippen LogP contribution is 2.38. The number of aromatic nitrogens is 2. The van der Waals surface area contributed by atoms with Crippen molar-refractivity contribution in [1.29, 1.82) is 0 Å². The van der Waals surface area contributed by atoms with Crippen LogP contribution in [0.1, 0.15) is 0 Å². The van der Waals surface area contributed by atoms with Gasteiger partial charge in [-0.05, 0) is 92.0 Å². The number of hydrogen-bond donors (Lipinski definition) is 0. The van der Waals surface area contributed by atoms with Crippen LogP contribution in [0.25, 0.3) is 111 Å². The minimum Gasteiger partial charge on any atom is -0.310 e. The van der Waals surface area contributed by atoms with Crippen molar-refractivity contribution in [2.24, 2.45) is 0 Å². The first kappa shape index (κ1) is 61.7. The Labute approximate surface area is 546 Å². The smallest absolute Gasteiger partial charge is 0.115 e. The lowest BCUT2D eigenvalue weighted by atomic mass is 9.55. The van der Waals surface area contributed by atoms with Crippen molar-refractivity contribution in [3.63, 3.8) is 0 Å². The molecule has 88 heavy (non-hydrogen) atoms. The molecule has 12 rings (SSSR count). The average molecular weight is 1040 g/mol. The van der Waals surface area contributed by atoms with Crippen LogP contribution in [0.4, 0.5) is 0 Å². The number of hydrogen-bond acceptors (Lipinski definition) is 0. The molecule has 0 fully saturated rings. The normalized spacial score (nSPS) is 11.7. The number of fused-ring (bicyclic) bond motifs is 6. The van der Waals surface area contributed by atoms with Crippen molar-refractivity contribution in [3.05, 3.63) is 84.9 Å². The van der Waals surface area contributed by atoms with E-state index in [-0.39, 0.29) is 187 Å². The minimum absolute atomic E-state index is 0.0185. The summed E-state index contributed by atoms with van der Waals surface area (Å²) in [4.78, 5) is 0. The van der Waals surface area contributed by atoms with E-state index in [0.717, 1.165) is 43.7 Å². The zero-order valence-electron chi connectivity index (χ0n) is 47.0. The van der Waals surface area contributed by atoms with Crippen molar-refractivity contribution in [1.82, 2.24) is 9.13 Å². The lowest BCUT2D eigenvalue weighted by molar-refractivity contribution is 1.21. The van der Waals surface area contributed by atoms with Gasteiger partial charge >= 0.3 is 0 Å². The highest BCUT2D eigenvalue weighted by Gasteiger charge is 2.28. The molecule has 0 amide bonds. The summed E-state index contributed by atoms with van der Waals surface area (Å²) in [5.74, 6) is 0. The third-order valence-corrected chi connectivity index (χ3v) is 17.1. The van der Waals surface area contributed by atoms with Crippen LogP contribution < -0.4 is 142 Å². The summed E-state index contributed by atoms with van der Waals surface area (Å²) >= 11 is 0.